The van der Waals surface area contributed by atoms with Crippen molar-refractivity contribution >= 4 is 11.8 Å². The molecule has 2 fully saturated rings. The lowest BCUT2D eigenvalue weighted by atomic mass is 9.86. The van der Waals surface area contributed by atoms with Crippen LogP contribution in [0.3, 0.4) is 0 Å². The van der Waals surface area contributed by atoms with E-state index in [4.69, 9.17) is 10.5 Å². The van der Waals surface area contributed by atoms with Crippen LogP contribution < -0.4 is 16.5 Å². The van der Waals surface area contributed by atoms with Crippen LogP contribution in [0, 0.1) is 30.5 Å². The number of hydrogen-bond donors (Lipinski definition) is 3. The molecular weight excluding hydrogens is 363 g/mol. The van der Waals surface area contributed by atoms with Crippen molar-refractivity contribution in [2.45, 2.75) is 25.4 Å². The summed E-state index contributed by atoms with van der Waals surface area (Å²) < 4.78 is 19.7. The summed E-state index contributed by atoms with van der Waals surface area (Å²) in [5.41, 5.74) is 9.33. The summed E-state index contributed by atoms with van der Waals surface area (Å²) in [5.74, 6) is -0.788. The van der Waals surface area contributed by atoms with E-state index in [1.165, 1.54) is 13.1 Å². The Morgan fingerprint density at radius 1 is 1.39 bits per heavy atom. The maximum Gasteiger partial charge on any atom is 0.268 e. The number of hydrazine groups is 1. The fourth-order valence-electron chi connectivity index (χ4n) is 4.73. The molecule has 4 N–H and O–H groups in total. The van der Waals surface area contributed by atoms with Crippen molar-refractivity contribution < 1.29 is 18.7 Å². The first-order chi connectivity index (χ1) is 13.3. The second-order valence-corrected chi connectivity index (χ2v) is 7.88. The molecule has 1 aliphatic carbocycles. The van der Waals surface area contributed by atoms with Crippen LogP contribution in [-0.4, -0.2) is 42.6 Å². The number of carbonyl (C=O) groups is 2. The van der Waals surface area contributed by atoms with E-state index in [2.05, 4.69) is 10.7 Å². The van der Waals surface area contributed by atoms with E-state index >= 15 is 0 Å². The van der Waals surface area contributed by atoms with Crippen LogP contribution in [-0.2, 0) is 14.3 Å². The third-order valence-corrected chi connectivity index (χ3v) is 6.40. The molecule has 0 bridgehead atoms. The van der Waals surface area contributed by atoms with Gasteiger partial charge in [-0.1, -0.05) is 12.1 Å². The number of carbonyl (C=O) groups excluding carboxylic acids is 2. The number of benzene rings is 1. The standard InChI is InChI=1S/C20H25FN4O3/c1-10-4-5-12(6-15(10)21)11(2)25-20(19(22)27,7-16(24-25)18(26)23-3)17-13-8-28-9-14(13)17/h4-7,11,13-14,17,24H,8-9H2,1-3H3,(H2,22,27)(H,23,26)/t11-,13-,14+,17?,20?/m1/s1. The molecule has 1 aromatic rings. The van der Waals surface area contributed by atoms with E-state index in [9.17, 15) is 14.0 Å². The van der Waals surface area contributed by atoms with E-state index in [0.717, 1.165) is 0 Å². The SMILES string of the molecule is CNC(=O)C1=CC(C(N)=O)(C2[C@H]3COC[C@@H]23)N([C@H](C)c2ccc(C)c(F)c2)N1. The average molecular weight is 388 g/mol. The van der Waals surface area contributed by atoms with Gasteiger partial charge in [-0.3, -0.25) is 9.59 Å². The van der Waals surface area contributed by atoms with Gasteiger partial charge in [0.1, 0.15) is 17.1 Å². The summed E-state index contributed by atoms with van der Waals surface area (Å²) in [5, 5.41) is 4.29. The highest BCUT2D eigenvalue weighted by Crippen LogP contribution is 2.60. The van der Waals surface area contributed by atoms with Gasteiger partial charge >= 0.3 is 0 Å². The minimum Gasteiger partial charge on any atom is -0.381 e. The molecule has 0 radical (unpaired) electrons. The number of nitrogens with two attached hydrogens (primary N) is 1. The van der Waals surface area contributed by atoms with Crippen molar-refractivity contribution in [1.29, 1.82) is 0 Å². The molecule has 2 aliphatic heterocycles. The van der Waals surface area contributed by atoms with Crippen molar-refractivity contribution in [1.82, 2.24) is 15.8 Å². The molecule has 7 nitrogen and oxygen atoms in total. The molecule has 3 aliphatic rings. The molecule has 1 aromatic carbocycles. The molecule has 5 atom stereocenters. The number of nitrogens with zero attached hydrogens (tertiary/aromatic N) is 1. The smallest absolute Gasteiger partial charge is 0.268 e. The van der Waals surface area contributed by atoms with Crippen molar-refractivity contribution in [3.05, 3.63) is 46.9 Å². The molecular formula is C20H25FN4O3. The summed E-state index contributed by atoms with van der Waals surface area (Å²) in [6, 6.07) is 4.59. The number of halogens is 1. The Labute approximate surface area is 163 Å². The summed E-state index contributed by atoms with van der Waals surface area (Å²) in [6.07, 6.45) is 1.64. The molecule has 4 rings (SSSR count). The van der Waals surface area contributed by atoms with E-state index in [0.29, 0.717) is 24.3 Å². The van der Waals surface area contributed by atoms with Crippen molar-refractivity contribution in [3.63, 3.8) is 0 Å². The zero-order chi connectivity index (χ0) is 20.2. The Kier molecular flexibility index (Phi) is 4.43. The topological polar surface area (TPSA) is 96.7 Å². The number of likely N-dealkylation sites (N-methyl/N-ethyl adjacent to an activating group) is 1. The van der Waals surface area contributed by atoms with Gasteiger partial charge in [0.25, 0.3) is 5.91 Å². The molecule has 2 heterocycles. The van der Waals surface area contributed by atoms with Gasteiger partial charge in [0.15, 0.2) is 0 Å². The second kappa shape index (κ2) is 6.56. The third kappa shape index (κ3) is 2.62. The van der Waals surface area contributed by atoms with Crippen LogP contribution in [0.4, 0.5) is 4.39 Å². The first-order valence-corrected chi connectivity index (χ1v) is 9.46. The lowest BCUT2D eigenvalue weighted by Gasteiger charge is -2.40. The Balaban J connectivity index is 1.76. The van der Waals surface area contributed by atoms with E-state index in [-0.39, 0.29) is 35.2 Å². The molecule has 0 aromatic heterocycles. The van der Waals surface area contributed by atoms with Crippen LogP contribution in [0.2, 0.25) is 0 Å². The quantitative estimate of drug-likeness (QED) is 0.692. The van der Waals surface area contributed by atoms with Crippen LogP contribution in [0.25, 0.3) is 0 Å². The lowest BCUT2D eigenvalue weighted by Crippen LogP contribution is -2.60. The fourth-order valence-corrected chi connectivity index (χ4v) is 4.73. The maximum atomic E-state index is 14.2. The summed E-state index contributed by atoms with van der Waals surface area (Å²) in [6.45, 7) is 4.72. The van der Waals surface area contributed by atoms with Gasteiger partial charge in [0, 0.05) is 13.0 Å². The largest absolute Gasteiger partial charge is 0.381 e. The molecule has 2 unspecified atom stereocenters. The zero-order valence-electron chi connectivity index (χ0n) is 16.2. The highest BCUT2D eigenvalue weighted by Gasteiger charge is 2.69. The molecule has 8 heteroatoms. The van der Waals surface area contributed by atoms with Gasteiger partial charge in [-0.2, -0.15) is 5.01 Å². The average Bonchev–Trinajstić information content (AvgIpc) is 3.03. The summed E-state index contributed by atoms with van der Waals surface area (Å²) in [7, 11) is 1.53. The number of primary amides is 1. The first-order valence-electron chi connectivity index (χ1n) is 9.46. The van der Waals surface area contributed by atoms with Gasteiger partial charge < -0.3 is 21.2 Å². The van der Waals surface area contributed by atoms with Gasteiger partial charge in [-0.25, -0.2) is 4.39 Å². The van der Waals surface area contributed by atoms with E-state index < -0.39 is 17.5 Å². The predicted octanol–water partition coefficient (Wildman–Crippen LogP) is 0.762. The molecule has 1 saturated heterocycles. The Bertz CT molecular complexity index is 863. The number of nitrogens with one attached hydrogen (secondary N) is 2. The second-order valence-electron chi connectivity index (χ2n) is 7.88. The lowest BCUT2D eigenvalue weighted by molar-refractivity contribution is -0.132. The summed E-state index contributed by atoms with van der Waals surface area (Å²) >= 11 is 0. The predicted molar refractivity (Wildman–Crippen MR) is 99.9 cm³/mol. The van der Waals surface area contributed by atoms with Gasteiger partial charge in [0.05, 0.1) is 19.3 Å². The molecule has 1 saturated carbocycles. The third-order valence-electron chi connectivity index (χ3n) is 6.40. The van der Waals surface area contributed by atoms with Crippen LogP contribution in [0.5, 0.6) is 0 Å². The number of rotatable bonds is 5. The van der Waals surface area contributed by atoms with Gasteiger partial charge in [0.2, 0.25) is 5.91 Å². The highest BCUT2D eigenvalue weighted by atomic mass is 19.1. The minimum atomic E-state index is -1.18. The van der Waals surface area contributed by atoms with Crippen molar-refractivity contribution in [2.24, 2.45) is 23.5 Å². The summed E-state index contributed by atoms with van der Waals surface area (Å²) in [4.78, 5) is 25.1. The Morgan fingerprint density at radius 3 is 2.64 bits per heavy atom. The van der Waals surface area contributed by atoms with Crippen molar-refractivity contribution in [2.75, 3.05) is 20.3 Å². The van der Waals surface area contributed by atoms with E-state index in [1.54, 1.807) is 24.1 Å². The number of ether oxygens (including phenoxy) is 1. The number of hydrogen-bond acceptors (Lipinski definition) is 5. The number of fused-ring (bicyclic) bond motifs is 1. The first kappa shape index (κ1) is 18.9. The van der Waals surface area contributed by atoms with Gasteiger partial charge in [-0.05, 0) is 49.0 Å². The van der Waals surface area contributed by atoms with E-state index in [1.807, 2.05) is 13.0 Å². The molecule has 150 valence electrons. The van der Waals surface area contributed by atoms with Crippen LogP contribution in [0.15, 0.2) is 30.0 Å². The number of amides is 2. The molecule has 28 heavy (non-hydrogen) atoms. The normalized spacial score (nSPS) is 32.3. The Morgan fingerprint density at radius 2 is 2.07 bits per heavy atom. The zero-order valence-corrected chi connectivity index (χ0v) is 16.2. The monoisotopic (exact) mass is 388 g/mol. The highest BCUT2D eigenvalue weighted by molar-refractivity contribution is 5.97. The molecule has 0 spiro atoms. The van der Waals surface area contributed by atoms with Gasteiger partial charge in [-0.15, -0.1) is 0 Å². The van der Waals surface area contributed by atoms with Crippen LogP contribution >= 0.6 is 0 Å². The Hall–Kier alpha value is -2.45. The van der Waals surface area contributed by atoms with Crippen LogP contribution in [0.1, 0.15) is 24.1 Å². The number of aryl methyl sites for hydroxylation is 1. The minimum absolute atomic E-state index is 0.0499. The molecule has 2 amide bonds. The van der Waals surface area contributed by atoms with Crippen molar-refractivity contribution in [3.8, 4) is 0 Å². The fraction of sp³-hybridized carbons (Fsp3) is 0.500. The maximum absolute atomic E-state index is 14.2.